The predicted molar refractivity (Wildman–Crippen MR) is 102 cm³/mol. The first-order valence-corrected chi connectivity index (χ1v) is 9.30. The number of carbonyl (C=O) groups is 1. The van der Waals surface area contributed by atoms with Crippen molar-refractivity contribution in [3.63, 3.8) is 0 Å². The Bertz CT molecular complexity index is 534. The molecule has 0 aromatic rings. The molecule has 2 unspecified atom stereocenters. The molecule has 0 bridgehead atoms. The van der Waals surface area contributed by atoms with Crippen LogP contribution in [-0.2, 0) is 9.57 Å². The Morgan fingerprint density at radius 3 is 2.58 bits per heavy atom. The second-order valence-corrected chi connectivity index (χ2v) is 8.31. The summed E-state index contributed by atoms with van der Waals surface area (Å²) in [6, 6.07) is 0.101. The number of hydrogen-bond acceptors (Lipinski definition) is 5. The number of amides is 1. The highest BCUT2D eigenvalue weighted by Crippen LogP contribution is 2.46. The van der Waals surface area contributed by atoms with Crippen molar-refractivity contribution in [3.05, 3.63) is 0 Å². The van der Waals surface area contributed by atoms with E-state index in [2.05, 4.69) is 31.2 Å². The molecule has 150 valence electrons. The summed E-state index contributed by atoms with van der Waals surface area (Å²) in [4.78, 5) is 21.7. The van der Waals surface area contributed by atoms with Gasteiger partial charge in [-0.05, 0) is 43.4 Å². The minimum absolute atomic E-state index is 0.0918. The summed E-state index contributed by atoms with van der Waals surface area (Å²) in [6.07, 6.45) is 3.01. The third-order valence-electron chi connectivity index (χ3n) is 4.60. The summed E-state index contributed by atoms with van der Waals surface area (Å²) >= 11 is 0. The van der Waals surface area contributed by atoms with E-state index in [9.17, 15) is 9.18 Å². The third kappa shape index (κ3) is 8.15. The molecule has 0 heterocycles. The lowest BCUT2D eigenvalue weighted by atomic mass is 9.62. The monoisotopic (exact) mass is 371 g/mol. The van der Waals surface area contributed by atoms with E-state index in [1.54, 1.807) is 0 Å². The smallest absolute Gasteiger partial charge is 0.407 e. The summed E-state index contributed by atoms with van der Waals surface area (Å²) in [6.45, 7) is 11.9. The summed E-state index contributed by atoms with van der Waals surface area (Å²) in [5, 5.41) is 6.81. The highest BCUT2D eigenvalue weighted by Gasteiger charge is 2.41. The van der Waals surface area contributed by atoms with Gasteiger partial charge in [0.1, 0.15) is 13.3 Å². The number of ether oxygens (including phenoxy) is 1. The number of nitrogens with one attached hydrogen (secondary N) is 1. The molecule has 26 heavy (non-hydrogen) atoms. The van der Waals surface area contributed by atoms with E-state index in [4.69, 9.17) is 14.6 Å². The Hall–Kier alpha value is -1.66. The van der Waals surface area contributed by atoms with Gasteiger partial charge in [0, 0.05) is 13.5 Å². The van der Waals surface area contributed by atoms with Gasteiger partial charge in [0.15, 0.2) is 0 Å². The average molecular weight is 371 g/mol. The molecule has 0 aliphatic heterocycles. The van der Waals surface area contributed by atoms with Crippen molar-refractivity contribution < 1.29 is 18.8 Å². The highest BCUT2D eigenvalue weighted by atomic mass is 19.1. The van der Waals surface area contributed by atoms with Crippen molar-refractivity contribution in [2.75, 3.05) is 19.8 Å². The minimum Gasteiger partial charge on any atom is -0.447 e. The Morgan fingerprint density at radius 2 is 1.96 bits per heavy atom. The van der Waals surface area contributed by atoms with Gasteiger partial charge in [-0.15, -0.1) is 0 Å². The van der Waals surface area contributed by atoms with E-state index in [0.29, 0.717) is 12.4 Å². The van der Waals surface area contributed by atoms with Crippen molar-refractivity contribution in [3.8, 4) is 0 Å². The van der Waals surface area contributed by atoms with Crippen LogP contribution >= 0.6 is 0 Å². The summed E-state index contributed by atoms with van der Waals surface area (Å²) < 4.78 is 16.8. The van der Waals surface area contributed by atoms with Crippen LogP contribution in [0.25, 0.3) is 0 Å². The molecular formula is C19H34FN3O3. The number of nitrogens with zero attached hydrogens (tertiary/aromatic N) is 2. The molecule has 0 radical (unpaired) electrons. The molecule has 0 aromatic carbocycles. The first-order chi connectivity index (χ1) is 12.1. The van der Waals surface area contributed by atoms with Gasteiger partial charge in [-0.1, -0.05) is 32.9 Å². The lowest BCUT2D eigenvalue weighted by Gasteiger charge is -2.45. The van der Waals surface area contributed by atoms with Gasteiger partial charge >= 0.3 is 6.09 Å². The molecule has 6 nitrogen and oxygen atoms in total. The van der Waals surface area contributed by atoms with Crippen LogP contribution < -0.4 is 5.32 Å². The Labute approximate surface area is 156 Å². The van der Waals surface area contributed by atoms with Crippen molar-refractivity contribution in [1.29, 1.82) is 0 Å². The topological polar surface area (TPSA) is 72.3 Å². The fourth-order valence-electron chi connectivity index (χ4n) is 3.76. The maximum Gasteiger partial charge on any atom is 0.407 e. The number of hydrogen-bond donors (Lipinski definition) is 1. The van der Waals surface area contributed by atoms with Crippen LogP contribution in [0, 0.1) is 10.8 Å². The van der Waals surface area contributed by atoms with E-state index in [1.807, 2.05) is 20.8 Å². The Kier molecular flexibility index (Phi) is 8.50. The van der Waals surface area contributed by atoms with Gasteiger partial charge in [0.2, 0.25) is 5.90 Å². The van der Waals surface area contributed by atoms with Gasteiger partial charge in [0.05, 0.1) is 11.8 Å². The minimum atomic E-state index is -0.673. The lowest BCUT2D eigenvalue weighted by molar-refractivity contribution is 0.0768. The average Bonchev–Trinajstić information content (AvgIpc) is 2.54. The predicted octanol–water partition coefficient (Wildman–Crippen LogP) is 4.49. The number of alkyl carbamates (subject to hydrolysis) is 1. The molecular weight excluding hydrogens is 337 g/mol. The van der Waals surface area contributed by atoms with Gasteiger partial charge in [-0.2, -0.15) is 0 Å². The maximum atomic E-state index is 12.1. The van der Waals surface area contributed by atoms with Crippen LogP contribution in [0.15, 0.2) is 10.1 Å². The van der Waals surface area contributed by atoms with E-state index < -0.39 is 12.8 Å². The molecule has 1 saturated carbocycles. The SMILES string of the molecule is CCC(C)=NOC(C)=NC1CC(C)(C)CC(C)(CNC(=O)OCCF)C1. The van der Waals surface area contributed by atoms with Crippen LogP contribution in [0.1, 0.15) is 67.2 Å². The van der Waals surface area contributed by atoms with Gasteiger partial charge in [-0.3, -0.25) is 0 Å². The van der Waals surface area contributed by atoms with E-state index in [-0.39, 0.29) is 23.5 Å². The number of alkyl halides is 1. The standard InChI is InChI=1S/C19H34FN3O3/c1-7-14(2)23-26-15(3)22-16-10-18(4,5)12-19(6,11-16)13-21-17(24)25-9-8-20/h16H,7-13H2,1-6H3,(H,21,24). The fraction of sp³-hybridized carbons (Fsp3) is 0.842. The quantitative estimate of drug-likeness (QED) is 0.407. The van der Waals surface area contributed by atoms with E-state index in [0.717, 1.165) is 31.4 Å². The molecule has 1 fully saturated rings. The van der Waals surface area contributed by atoms with Crippen molar-refractivity contribution >= 4 is 17.7 Å². The zero-order valence-electron chi connectivity index (χ0n) is 17.0. The van der Waals surface area contributed by atoms with Gasteiger partial charge in [-0.25, -0.2) is 14.2 Å². The van der Waals surface area contributed by atoms with Crippen LogP contribution in [0.4, 0.5) is 9.18 Å². The molecule has 1 amide bonds. The fourth-order valence-corrected chi connectivity index (χ4v) is 3.76. The molecule has 0 saturated heterocycles. The number of rotatable bonds is 7. The molecule has 0 spiro atoms. The summed E-state index contributed by atoms with van der Waals surface area (Å²) in [5.74, 6) is 0.554. The molecule has 0 aromatic heterocycles. The molecule has 1 rings (SSSR count). The van der Waals surface area contributed by atoms with E-state index >= 15 is 0 Å². The van der Waals surface area contributed by atoms with Crippen molar-refractivity contribution in [1.82, 2.24) is 5.32 Å². The Morgan fingerprint density at radius 1 is 1.27 bits per heavy atom. The Balaban J connectivity index is 2.73. The molecule has 2 atom stereocenters. The van der Waals surface area contributed by atoms with Crippen molar-refractivity contribution in [2.24, 2.45) is 21.0 Å². The molecule has 1 aliphatic carbocycles. The number of carbonyl (C=O) groups excluding carboxylic acids is 1. The second-order valence-electron chi connectivity index (χ2n) is 8.31. The number of oxime groups is 1. The lowest BCUT2D eigenvalue weighted by Crippen LogP contribution is -2.45. The first kappa shape index (κ1) is 22.4. The van der Waals surface area contributed by atoms with E-state index in [1.165, 1.54) is 0 Å². The molecule has 1 aliphatic rings. The summed E-state index contributed by atoms with van der Waals surface area (Å²) in [5.41, 5.74) is 0.895. The zero-order valence-corrected chi connectivity index (χ0v) is 17.0. The second kappa shape index (κ2) is 9.88. The highest BCUT2D eigenvalue weighted by molar-refractivity contribution is 5.82. The van der Waals surface area contributed by atoms with Crippen LogP contribution in [0.3, 0.4) is 0 Å². The van der Waals surface area contributed by atoms with Gasteiger partial charge in [0.25, 0.3) is 0 Å². The normalized spacial score (nSPS) is 26.3. The third-order valence-corrected chi connectivity index (χ3v) is 4.60. The van der Waals surface area contributed by atoms with Crippen LogP contribution in [0.5, 0.6) is 0 Å². The largest absolute Gasteiger partial charge is 0.447 e. The van der Waals surface area contributed by atoms with Crippen LogP contribution in [0.2, 0.25) is 0 Å². The summed E-state index contributed by atoms with van der Waals surface area (Å²) in [7, 11) is 0. The van der Waals surface area contributed by atoms with Crippen LogP contribution in [-0.4, -0.2) is 43.6 Å². The first-order valence-electron chi connectivity index (χ1n) is 9.30. The number of aliphatic imine (C=N–C) groups is 1. The maximum absolute atomic E-state index is 12.1. The molecule has 7 heteroatoms. The van der Waals surface area contributed by atoms with Crippen molar-refractivity contribution in [2.45, 2.75) is 73.3 Å². The number of halogens is 1. The zero-order chi connectivity index (χ0) is 19.8. The van der Waals surface area contributed by atoms with Gasteiger partial charge < -0.3 is 14.9 Å². The molecule has 1 N–H and O–H groups in total.